The first-order valence-corrected chi connectivity index (χ1v) is 6.05. The summed E-state index contributed by atoms with van der Waals surface area (Å²) in [6.07, 6.45) is 7.34. The van der Waals surface area contributed by atoms with Crippen molar-refractivity contribution >= 4 is 9.92 Å². The van der Waals surface area contributed by atoms with Crippen molar-refractivity contribution in [2.45, 2.75) is 38.1 Å². The summed E-state index contributed by atoms with van der Waals surface area (Å²) in [5.41, 5.74) is 0. The van der Waals surface area contributed by atoms with E-state index in [1.54, 1.807) is 0 Å². The highest BCUT2D eigenvalue weighted by Crippen LogP contribution is 2.17. The molecule has 0 saturated heterocycles. The van der Waals surface area contributed by atoms with Gasteiger partial charge in [-0.25, -0.2) is 13.7 Å². The molecule has 11 heavy (non-hydrogen) atoms. The number of rotatable bonds is 2. The second-order valence-corrected chi connectivity index (χ2v) is 5.22. The van der Waals surface area contributed by atoms with E-state index in [4.69, 9.17) is 4.78 Å². The van der Waals surface area contributed by atoms with Gasteiger partial charge < -0.3 is 0 Å². The Bertz CT molecular complexity index is 204. The van der Waals surface area contributed by atoms with Gasteiger partial charge in [0, 0.05) is 12.3 Å². The largest absolute Gasteiger partial charge is 0.241 e. The average molecular weight is 176 g/mol. The van der Waals surface area contributed by atoms with E-state index >= 15 is 0 Å². The molecule has 0 amide bonds. The lowest BCUT2D eigenvalue weighted by Gasteiger charge is -2.22. The van der Waals surface area contributed by atoms with Crippen LogP contribution < -0.4 is 4.72 Å². The number of nitrogens with one attached hydrogen (secondary N) is 2. The van der Waals surface area contributed by atoms with E-state index in [1.807, 2.05) is 0 Å². The first kappa shape index (κ1) is 9.00. The van der Waals surface area contributed by atoms with Crippen molar-refractivity contribution in [2.75, 3.05) is 6.26 Å². The molecule has 1 rings (SSSR count). The van der Waals surface area contributed by atoms with Crippen LogP contribution in [0.15, 0.2) is 0 Å². The van der Waals surface area contributed by atoms with Crippen LogP contribution in [0.2, 0.25) is 0 Å². The van der Waals surface area contributed by atoms with Gasteiger partial charge in [-0.15, -0.1) is 0 Å². The zero-order valence-corrected chi connectivity index (χ0v) is 7.75. The molecule has 0 aromatic carbocycles. The Balaban J connectivity index is 2.36. The molecule has 4 heteroatoms. The van der Waals surface area contributed by atoms with Gasteiger partial charge >= 0.3 is 0 Å². The van der Waals surface area contributed by atoms with Gasteiger partial charge in [-0.3, -0.25) is 0 Å². The van der Waals surface area contributed by atoms with E-state index in [0.29, 0.717) is 6.04 Å². The molecule has 1 fully saturated rings. The minimum atomic E-state index is -2.47. The summed E-state index contributed by atoms with van der Waals surface area (Å²) < 4.78 is 21.0. The molecule has 0 aliphatic heterocycles. The van der Waals surface area contributed by atoms with E-state index < -0.39 is 9.92 Å². The van der Waals surface area contributed by atoms with Crippen molar-refractivity contribution in [3.05, 3.63) is 0 Å². The summed E-state index contributed by atoms with van der Waals surface area (Å²) in [6.45, 7) is 0. The van der Waals surface area contributed by atoms with Crippen molar-refractivity contribution < 1.29 is 4.21 Å². The van der Waals surface area contributed by atoms with Gasteiger partial charge in [0.05, 0.1) is 0 Å². The highest BCUT2D eigenvalue weighted by atomic mass is 32.2. The standard InChI is InChI=1S/C7H16N2OS/c1-11(8,10)9-7-5-3-2-4-6-7/h7H,2-6H2,1H3,(H2,8,9,10). The Morgan fingerprint density at radius 2 is 1.91 bits per heavy atom. The molecule has 1 unspecified atom stereocenters. The SMILES string of the molecule is CS(=N)(=O)NC1CCCCC1. The molecule has 2 N–H and O–H groups in total. The Morgan fingerprint density at radius 3 is 2.36 bits per heavy atom. The summed E-state index contributed by atoms with van der Waals surface area (Å²) >= 11 is 0. The molecule has 1 aliphatic carbocycles. The van der Waals surface area contributed by atoms with Gasteiger partial charge in [0.15, 0.2) is 0 Å². The van der Waals surface area contributed by atoms with Crippen LogP contribution in [-0.4, -0.2) is 16.5 Å². The van der Waals surface area contributed by atoms with Crippen LogP contribution in [0.4, 0.5) is 0 Å². The van der Waals surface area contributed by atoms with Crippen molar-refractivity contribution in [3.63, 3.8) is 0 Å². The summed E-state index contributed by atoms with van der Waals surface area (Å²) in [6, 6.07) is 0.332. The lowest BCUT2D eigenvalue weighted by atomic mass is 9.96. The quantitative estimate of drug-likeness (QED) is 0.658. The van der Waals surface area contributed by atoms with Gasteiger partial charge in [0.2, 0.25) is 0 Å². The molecule has 1 aliphatic rings. The predicted molar refractivity (Wildman–Crippen MR) is 46.8 cm³/mol. The van der Waals surface area contributed by atoms with Crippen molar-refractivity contribution in [2.24, 2.45) is 0 Å². The molecule has 0 radical (unpaired) electrons. The second kappa shape index (κ2) is 3.54. The fourth-order valence-electron chi connectivity index (χ4n) is 1.54. The third kappa shape index (κ3) is 3.72. The maximum absolute atomic E-state index is 11.0. The highest BCUT2D eigenvalue weighted by molar-refractivity contribution is 7.89. The first-order valence-electron chi connectivity index (χ1n) is 4.09. The van der Waals surface area contributed by atoms with Gasteiger partial charge in [-0.1, -0.05) is 19.3 Å². The molecule has 0 aromatic rings. The molecule has 1 saturated carbocycles. The van der Waals surface area contributed by atoms with E-state index in [1.165, 1.54) is 25.5 Å². The first-order chi connectivity index (χ1) is 5.08. The fourth-order valence-corrected chi connectivity index (χ4v) is 2.41. The predicted octanol–water partition coefficient (Wildman–Crippen LogP) is 1.50. The second-order valence-electron chi connectivity index (χ2n) is 3.30. The zero-order chi connectivity index (χ0) is 8.32. The maximum Gasteiger partial charge on any atom is 0.102 e. The van der Waals surface area contributed by atoms with Crippen LogP contribution in [0.1, 0.15) is 32.1 Å². The van der Waals surface area contributed by atoms with Crippen LogP contribution in [0, 0.1) is 4.78 Å². The molecule has 0 bridgehead atoms. The summed E-state index contributed by atoms with van der Waals surface area (Å²) in [4.78, 5) is 0. The van der Waals surface area contributed by atoms with Crippen LogP contribution >= 0.6 is 0 Å². The minimum Gasteiger partial charge on any atom is -0.241 e. The van der Waals surface area contributed by atoms with E-state index in [9.17, 15) is 4.21 Å². The van der Waals surface area contributed by atoms with Crippen LogP contribution in [0.3, 0.4) is 0 Å². The topological polar surface area (TPSA) is 53.0 Å². The summed E-state index contributed by atoms with van der Waals surface area (Å²) in [5, 5.41) is 0. The third-order valence-corrected chi connectivity index (χ3v) is 2.78. The third-order valence-electron chi connectivity index (χ3n) is 2.00. The maximum atomic E-state index is 11.0. The molecule has 66 valence electrons. The normalized spacial score (nSPS) is 26.3. The molecule has 3 nitrogen and oxygen atoms in total. The van der Waals surface area contributed by atoms with Gasteiger partial charge in [0.25, 0.3) is 0 Å². The molecular weight excluding hydrogens is 160 g/mol. The smallest absolute Gasteiger partial charge is 0.102 e. The van der Waals surface area contributed by atoms with Crippen molar-refractivity contribution in [3.8, 4) is 0 Å². The summed E-state index contributed by atoms with van der Waals surface area (Å²) in [5.74, 6) is 0. The molecular formula is C7H16N2OS. The molecule has 0 heterocycles. The average Bonchev–Trinajstić information content (AvgIpc) is 1.85. The van der Waals surface area contributed by atoms with Crippen LogP contribution in [0.5, 0.6) is 0 Å². The van der Waals surface area contributed by atoms with Gasteiger partial charge in [-0.2, -0.15) is 0 Å². The molecule has 1 atom stereocenters. The molecule has 0 spiro atoms. The summed E-state index contributed by atoms with van der Waals surface area (Å²) in [7, 11) is -2.47. The van der Waals surface area contributed by atoms with E-state index in [2.05, 4.69) is 4.72 Å². The Hall–Kier alpha value is -0.0900. The van der Waals surface area contributed by atoms with Crippen LogP contribution in [0.25, 0.3) is 0 Å². The Kier molecular flexibility index (Phi) is 2.90. The van der Waals surface area contributed by atoms with Gasteiger partial charge in [-0.05, 0) is 12.8 Å². The van der Waals surface area contributed by atoms with Crippen molar-refractivity contribution in [1.29, 1.82) is 4.78 Å². The monoisotopic (exact) mass is 176 g/mol. The lowest BCUT2D eigenvalue weighted by molar-refractivity contribution is 0.418. The number of hydrogen-bond donors (Lipinski definition) is 2. The fraction of sp³-hybridized carbons (Fsp3) is 1.00. The van der Waals surface area contributed by atoms with Gasteiger partial charge in [0.1, 0.15) is 9.92 Å². The number of hydrogen-bond acceptors (Lipinski definition) is 2. The Morgan fingerprint density at radius 1 is 1.36 bits per heavy atom. The Labute approximate surface area is 68.7 Å². The minimum absolute atomic E-state index is 0.332. The van der Waals surface area contributed by atoms with Crippen LogP contribution in [-0.2, 0) is 9.92 Å². The van der Waals surface area contributed by atoms with E-state index in [-0.39, 0.29) is 0 Å². The van der Waals surface area contributed by atoms with Crippen molar-refractivity contribution in [1.82, 2.24) is 4.72 Å². The lowest BCUT2D eigenvalue weighted by Crippen LogP contribution is -2.34. The zero-order valence-electron chi connectivity index (χ0n) is 6.93. The van der Waals surface area contributed by atoms with E-state index in [0.717, 1.165) is 12.8 Å². The highest BCUT2D eigenvalue weighted by Gasteiger charge is 2.14. The molecule has 0 aromatic heterocycles.